The normalized spacial score (nSPS) is 10.0. The van der Waals surface area contributed by atoms with Gasteiger partial charge in [-0.25, -0.2) is 4.98 Å². The average molecular weight is 310 g/mol. The molecule has 0 spiro atoms. The molecule has 0 aliphatic heterocycles. The molecule has 1 aromatic carbocycles. The fraction of sp³-hybridized carbons (Fsp3) is 0.0833. The van der Waals surface area contributed by atoms with Gasteiger partial charge in [-0.2, -0.15) is 0 Å². The van der Waals surface area contributed by atoms with Crippen LogP contribution in [0, 0.1) is 6.92 Å². The van der Waals surface area contributed by atoms with Crippen LogP contribution in [0.3, 0.4) is 0 Å². The molecule has 0 saturated heterocycles. The largest absolute Gasteiger partial charge is 0.267 e. The summed E-state index contributed by atoms with van der Waals surface area (Å²) < 4.78 is 2.04. The molecule has 15 heavy (non-hydrogen) atoms. The van der Waals surface area contributed by atoms with Crippen LogP contribution in [-0.4, -0.2) is 4.98 Å². The standard InChI is InChI=1S/C12H11IN2/c1-10-5-7-11(8-6-10)15(13)12-4-2-3-9-14-12/h2-9H,1H3. The Labute approximate surface area is 103 Å². The molecule has 0 fully saturated rings. The molecule has 2 rings (SSSR count). The first kappa shape index (κ1) is 10.4. The van der Waals surface area contributed by atoms with E-state index in [4.69, 9.17) is 0 Å². The number of nitrogens with zero attached hydrogens (tertiary/aromatic N) is 2. The van der Waals surface area contributed by atoms with E-state index in [0.29, 0.717) is 0 Å². The highest BCUT2D eigenvalue weighted by atomic mass is 127. The van der Waals surface area contributed by atoms with E-state index < -0.39 is 0 Å². The van der Waals surface area contributed by atoms with E-state index in [2.05, 4.69) is 59.0 Å². The minimum absolute atomic E-state index is 0.946. The van der Waals surface area contributed by atoms with E-state index in [1.807, 2.05) is 21.3 Å². The fourth-order valence-corrected chi connectivity index (χ4v) is 1.88. The van der Waals surface area contributed by atoms with Crippen LogP contribution in [-0.2, 0) is 0 Å². The van der Waals surface area contributed by atoms with Crippen molar-refractivity contribution in [3.8, 4) is 0 Å². The van der Waals surface area contributed by atoms with Gasteiger partial charge < -0.3 is 0 Å². The minimum atomic E-state index is 0.946. The van der Waals surface area contributed by atoms with E-state index >= 15 is 0 Å². The second-order valence-corrected chi connectivity index (χ2v) is 4.27. The summed E-state index contributed by atoms with van der Waals surface area (Å²) >= 11 is 2.26. The maximum atomic E-state index is 4.30. The first-order chi connectivity index (χ1) is 7.27. The van der Waals surface area contributed by atoms with E-state index in [1.165, 1.54) is 5.56 Å². The Kier molecular flexibility index (Phi) is 3.20. The van der Waals surface area contributed by atoms with Gasteiger partial charge in [0.2, 0.25) is 0 Å². The van der Waals surface area contributed by atoms with Crippen molar-refractivity contribution in [3.63, 3.8) is 0 Å². The van der Waals surface area contributed by atoms with Crippen LogP contribution in [0.25, 0.3) is 0 Å². The Hall–Kier alpha value is -1.10. The van der Waals surface area contributed by atoms with Crippen LogP contribution >= 0.6 is 22.9 Å². The summed E-state index contributed by atoms with van der Waals surface area (Å²) in [6.07, 6.45) is 1.80. The van der Waals surface area contributed by atoms with Crippen LogP contribution < -0.4 is 3.11 Å². The summed E-state index contributed by atoms with van der Waals surface area (Å²) in [4.78, 5) is 4.30. The topological polar surface area (TPSA) is 16.1 Å². The van der Waals surface area contributed by atoms with Crippen molar-refractivity contribution in [2.24, 2.45) is 0 Å². The number of benzene rings is 1. The lowest BCUT2D eigenvalue weighted by atomic mass is 10.2. The second kappa shape index (κ2) is 4.61. The predicted molar refractivity (Wildman–Crippen MR) is 71.6 cm³/mol. The van der Waals surface area contributed by atoms with Gasteiger partial charge in [0.05, 0.1) is 28.6 Å². The zero-order valence-electron chi connectivity index (χ0n) is 8.39. The summed E-state index contributed by atoms with van der Waals surface area (Å²) in [6, 6.07) is 14.3. The zero-order chi connectivity index (χ0) is 10.7. The third-order valence-electron chi connectivity index (χ3n) is 2.11. The Morgan fingerprint density at radius 3 is 2.40 bits per heavy atom. The highest BCUT2D eigenvalue weighted by Crippen LogP contribution is 2.27. The van der Waals surface area contributed by atoms with Crippen molar-refractivity contribution < 1.29 is 0 Å². The molecular weight excluding hydrogens is 299 g/mol. The van der Waals surface area contributed by atoms with Gasteiger partial charge in [-0.3, -0.25) is 3.11 Å². The lowest BCUT2D eigenvalue weighted by Crippen LogP contribution is -2.02. The molecule has 0 aliphatic rings. The third-order valence-corrected chi connectivity index (χ3v) is 3.16. The number of rotatable bonds is 2. The molecule has 0 N–H and O–H groups in total. The molecule has 0 radical (unpaired) electrons. The highest BCUT2D eigenvalue weighted by Gasteiger charge is 2.04. The number of anilines is 2. The molecule has 0 aliphatic carbocycles. The number of aromatic nitrogens is 1. The molecule has 76 valence electrons. The van der Waals surface area contributed by atoms with Crippen molar-refractivity contribution in [1.82, 2.24) is 4.98 Å². The van der Waals surface area contributed by atoms with Gasteiger partial charge in [0.15, 0.2) is 0 Å². The van der Waals surface area contributed by atoms with Gasteiger partial charge in [0, 0.05) is 6.20 Å². The fourth-order valence-electron chi connectivity index (χ4n) is 1.28. The van der Waals surface area contributed by atoms with Gasteiger partial charge in [0.25, 0.3) is 0 Å². The van der Waals surface area contributed by atoms with Gasteiger partial charge >= 0.3 is 0 Å². The molecule has 0 amide bonds. The maximum Gasteiger partial charge on any atom is 0.141 e. The molecule has 0 atom stereocenters. The Morgan fingerprint density at radius 1 is 1.07 bits per heavy atom. The van der Waals surface area contributed by atoms with Crippen LogP contribution in [0.2, 0.25) is 0 Å². The van der Waals surface area contributed by atoms with Crippen LogP contribution in [0.1, 0.15) is 5.56 Å². The summed E-state index contributed by atoms with van der Waals surface area (Å²) in [5.74, 6) is 0.946. The van der Waals surface area contributed by atoms with Gasteiger partial charge in [0.1, 0.15) is 5.82 Å². The molecular formula is C12H11IN2. The minimum Gasteiger partial charge on any atom is -0.267 e. The second-order valence-electron chi connectivity index (χ2n) is 3.30. The summed E-state index contributed by atoms with van der Waals surface area (Å²) in [6.45, 7) is 2.09. The van der Waals surface area contributed by atoms with Crippen molar-refractivity contribution in [3.05, 3.63) is 54.2 Å². The quantitative estimate of drug-likeness (QED) is 0.618. The van der Waals surface area contributed by atoms with E-state index in [1.54, 1.807) is 6.20 Å². The molecule has 2 nitrogen and oxygen atoms in total. The smallest absolute Gasteiger partial charge is 0.141 e. The van der Waals surface area contributed by atoms with Crippen LogP contribution in [0.5, 0.6) is 0 Å². The van der Waals surface area contributed by atoms with Gasteiger partial charge in [-0.05, 0) is 31.2 Å². The first-order valence-electron chi connectivity index (χ1n) is 4.71. The number of pyridine rings is 1. The SMILES string of the molecule is Cc1ccc(N(I)c2ccccn2)cc1. The molecule has 0 unspecified atom stereocenters. The number of hydrogen-bond acceptors (Lipinski definition) is 2. The molecule has 1 heterocycles. The van der Waals surface area contributed by atoms with E-state index in [9.17, 15) is 0 Å². The average Bonchev–Trinajstić information content (AvgIpc) is 2.30. The lowest BCUT2D eigenvalue weighted by Gasteiger charge is -2.15. The zero-order valence-corrected chi connectivity index (χ0v) is 10.5. The Morgan fingerprint density at radius 2 is 1.80 bits per heavy atom. The molecule has 1 aromatic heterocycles. The van der Waals surface area contributed by atoms with Crippen LogP contribution in [0.4, 0.5) is 11.5 Å². The number of hydrogen-bond donors (Lipinski definition) is 0. The summed E-state index contributed by atoms with van der Waals surface area (Å²) in [7, 11) is 0. The van der Waals surface area contributed by atoms with Crippen molar-refractivity contribution in [2.45, 2.75) is 6.92 Å². The summed E-state index contributed by atoms with van der Waals surface area (Å²) in [5, 5.41) is 0. The van der Waals surface area contributed by atoms with Gasteiger partial charge in [-0.15, -0.1) is 0 Å². The predicted octanol–water partition coefficient (Wildman–Crippen LogP) is 3.88. The number of aryl methyl sites for hydroxylation is 1. The van der Waals surface area contributed by atoms with Crippen LogP contribution in [0.15, 0.2) is 48.7 Å². The maximum absolute atomic E-state index is 4.30. The summed E-state index contributed by atoms with van der Waals surface area (Å²) in [5.41, 5.74) is 2.41. The van der Waals surface area contributed by atoms with E-state index in [0.717, 1.165) is 11.5 Å². The van der Waals surface area contributed by atoms with E-state index in [-0.39, 0.29) is 0 Å². The molecule has 0 saturated carbocycles. The molecule has 3 heteroatoms. The van der Waals surface area contributed by atoms with Crippen molar-refractivity contribution in [1.29, 1.82) is 0 Å². The van der Waals surface area contributed by atoms with Crippen molar-refractivity contribution >= 4 is 34.4 Å². The first-order valence-corrected chi connectivity index (χ1v) is 5.67. The Balaban J connectivity index is 2.29. The highest BCUT2D eigenvalue weighted by molar-refractivity contribution is 14.1. The third kappa shape index (κ3) is 2.47. The van der Waals surface area contributed by atoms with Gasteiger partial charge in [-0.1, -0.05) is 23.8 Å². The van der Waals surface area contributed by atoms with Crippen molar-refractivity contribution in [2.75, 3.05) is 3.11 Å². The Bertz CT molecular complexity index is 425. The lowest BCUT2D eigenvalue weighted by molar-refractivity contribution is 1.27. The number of halogens is 1. The molecule has 2 aromatic rings. The monoisotopic (exact) mass is 310 g/mol. The molecule has 0 bridgehead atoms.